The SMILES string of the molecule is N#Cc1c(F)cc(-c2cc3c(c(-c4cnsc4)c2)CNC3=O)cc1F. The molecule has 25 heavy (non-hydrogen) atoms. The molecule has 0 fully saturated rings. The monoisotopic (exact) mass is 353 g/mol. The topological polar surface area (TPSA) is 65.8 Å². The Morgan fingerprint density at radius 3 is 2.40 bits per heavy atom. The van der Waals surface area contributed by atoms with Crippen molar-refractivity contribution < 1.29 is 13.6 Å². The molecule has 4 nitrogen and oxygen atoms in total. The number of halogens is 2. The fraction of sp³-hybridized carbons (Fsp3) is 0.0556. The lowest BCUT2D eigenvalue weighted by atomic mass is 9.92. The summed E-state index contributed by atoms with van der Waals surface area (Å²) in [4.78, 5) is 12.1. The molecule has 0 saturated heterocycles. The summed E-state index contributed by atoms with van der Waals surface area (Å²) in [5.74, 6) is -2.08. The fourth-order valence-corrected chi connectivity index (χ4v) is 3.47. The second-order valence-electron chi connectivity index (χ2n) is 5.57. The maximum Gasteiger partial charge on any atom is 0.251 e. The Kier molecular flexibility index (Phi) is 3.55. The van der Waals surface area contributed by atoms with Crippen molar-refractivity contribution in [1.82, 2.24) is 9.69 Å². The minimum absolute atomic E-state index is 0.226. The molecule has 1 aliphatic heterocycles. The predicted molar refractivity (Wildman–Crippen MR) is 88.8 cm³/mol. The Hall–Kier alpha value is -3.11. The van der Waals surface area contributed by atoms with E-state index < -0.39 is 17.2 Å². The molecule has 2 aromatic carbocycles. The van der Waals surface area contributed by atoms with Crippen molar-refractivity contribution in [2.75, 3.05) is 0 Å². The Morgan fingerprint density at radius 2 is 1.76 bits per heavy atom. The number of aromatic nitrogens is 1. The van der Waals surface area contributed by atoms with Crippen molar-refractivity contribution in [2.24, 2.45) is 0 Å². The van der Waals surface area contributed by atoms with E-state index in [4.69, 9.17) is 5.26 Å². The molecular weight excluding hydrogens is 344 g/mol. The maximum atomic E-state index is 14.0. The third kappa shape index (κ3) is 2.47. The number of fused-ring (bicyclic) bond motifs is 1. The summed E-state index contributed by atoms with van der Waals surface area (Å²) in [7, 11) is 0. The van der Waals surface area contributed by atoms with Crippen LogP contribution in [0.25, 0.3) is 22.3 Å². The number of carbonyl (C=O) groups is 1. The summed E-state index contributed by atoms with van der Waals surface area (Å²) >= 11 is 1.28. The van der Waals surface area contributed by atoms with Crippen molar-refractivity contribution in [3.63, 3.8) is 0 Å². The summed E-state index contributed by atoms with van der Waals surface area (Å²) < 4.78 is 32.0. The third-order valence-corrected chi connectivity index (χ3v) is 4.74. The summed E-state index contributed by atoms with van der Waals surface area (Å²) in [5, 5.41) is 13.4. The number of benzene rings is 2. The largest absolute Gasteiger partial charge is 0.348 e. The molecule has 3 aromatic rings. The first kappa shape index (κ1) is 15.4. The normalized spacial score (nSPS) is 12.6. The maximum absolute atomic E-state index is 14.0. The molecular formula is C18H9F2N3OS. The number of hydrogen-bond acceptors (Lipinski definition) is 4. The molecule has 1 aliphatic rings. The van der Waals surface area contributed by atoms with Crippen molar-refractivity contribution in [3.8, 4) is 28.3 Å². The van der Waals surface area contributed by atoms with E-state index in [1.54, 1.807) is 18.3 Å². The number of carbonyl (C=O) groups excluding carboxylic acids is 1. The predicted octanol–water partition coefficient (Wildman–Crippen LogP) is 3.87. The van der Waals surface area contributed by atoms with Gasteiger partial charge >= 0.3 is 0 Å². The number of rotatable bonds is 2. The summed E-state index contributed by atoms with van der Waals surface area (Å²) in [6.07, 6.45) is 1.69. The Balaban J connectivity index is 1.96. The van der Waals surface area contributed by atoms with E-state index in [0.29, 0.717) is 17.7 Å². The summed E-state index contributed by atoms with van der Waals surface area (Å²) in [6.45, 7) is 0.399. The van der Waals surface area contributed by atoms with Gasteiger partial charge in [0, 0.05) is 29.2 Å². The van der Waals surface area contributed by atoms with Crippen LogP contribution in [0.1, 0.15) is 21.5 Å². The van der Waals surface area contributed by atoms with Gasteiger partial charge in [-0.05, 0) is 58.1 Å². The van der Waals surface area contributed by atoms with Crippen LogP contribution in [0.4, 0.5) is 8.78 Å². The van der Waals surface area contributed by atoms with Crippen LogP contribution < -0.4 is 5.32 Å². The molecule has 122 valence electrons. The zero-order valence-corrected chi connectivity index (χ0v) is 13.5. The smallest absolute Gasteiger partial charge is 0.251 e. The van der Waals surface area contributed by atoms with Crippen LogP contribution in [0.3, 0.4) is 0 Å². The lowest BCUT2D eigenvalue weighted by Crippen LogP contribution is -2.12. The van der Waals surface area contributed by atoms with Crippen LogP contribution in [0.2, 0.25) is 0 Å². The van der Waals surface area contributed by atoms with Gasteiger partial charge in [0.05, 0.1) is 0 Å². The average Bonchev–Trinajstić information content (AvgIpc) is 3.24. The molecule has 4 rings (SSSR count). The van der Waals surface area contributed by atoms with Gasteiger partial charge in [-0.15, -0.1) is 0 Å². The van der Waals surface area contributed by atoms with Gasteiger partial charge in [-0.1, -0.05) is 0 Å². The number of nitriles is 1. The quantitative estimate of drug-likeness (QED) is 0.760. The highest BCUT2D eigenvalue weighted by Gasteiger charge is 2.24. The molecule has 2 heterocycles. The zero-order valence-electron chi connectivity index (χ0n) is 12.6. The van der Waals surface area contributed by atoms with Crippen molar-refractivity contribution in [3.05, 3.63) is 64.2 Å². The van der Waals surface area contributed by atoms with Gasteiger partial charge in [0.25, 0.3) is 5.91 Å². The standard InChI is InChI=1S/C18H9F2N3OS/c19-16-3-10(4-17(20)14(16)5-21)9-1-12(11-6-23-25-8-11)15-7-22-18(24)13(15)2-9/h1-4,6,8H,7H2,(H,22,24). The molecule has 0 saturated carbocycles. The van der Waals surface area contributed by atoms with Crippen LogP contribution in [0.5, 0.6) is 0 Å². The first-order chi connectivity index (χ1) is 12.1. The highest BCUT2D eigenvalue weighted by Crippen LogP contribution is 2.35. The van der Waals surface area contributed by atoms with Crippen LogP contribution in [0.15, 0.2) is 35.8 Å². The van der Waals surface area contributed by atoms with Crippen molar-refractivity contribution in [1.29, 1.82) is 5.26 Å². The Labute approximate surface area is 145 Å². The fourth-order valence-electron chi connectivity index (χ4n) is 2.94. The van der Waals surface area contributed by atoms with Crippen molar-refractivity contribution in [2.45, 2.75) is 6.54 Å². The molecule has 7 heteroatoms. The second-order valence-corrected chi connectivity index (χ2v) is 6.23. The molecule has 0 spiro atoms. The number of nitrogens with zero attached hydrogens (tertiary/aromatic N) is 2. The van der Waals surface area contributed by atoms with Crippen LogP contribution in [-0.4, -0.2) is 10.3 Å². The minimum atomic E-state index is -0.929. The second kappa shape index (κ2) is 5.76. The number of hydrogen-bond donors (Lipinski definition) is 1. The molecule has 0 radical (unpaired) electrons. The van der Waals surface area contributed by atoms with E-state index in [0.717, 1.165) is 28.8 Å². The van der Waals surface area contributed by atoms with E-state index in [1.807, 2.05) is 5.38 Å². The van der Waals surface area contributed by atoms with Gasteiger partial charge in [0.1, 0.15) is 23.3 Å². The van der Waals surface area contributed by atoms with Gasteiger partial charge in [-0.3, -0.25) is 4.79 Å². The van der Waals surface area contributed by atoms with E-state index in [1.165, 1.54) is 17.6 Å². The zero-order chi connectivity index (χ0) is 17.6. The third-order valence-electron chi connectivity index (χ3n) is 4.15. The number of nitrogens with one attached hydrogen (secondary N) is 1. The van der Waals surface area contributed by atoms with Crippen LogP contribution in [-0.2, 0) is 6.54 Å². The lowest BCUT2D eigenvalue weighted by Gasteiger charge is -2.10. The lowest BCUT2D eigenvalue weighted by molar-refractivity contribution is 0.0966. The van der Waals surface area contributed by atoms with Gasteiger partial charge in [-0.25, -0.2) is 13.2 Å². The van der Waals surface area contributed by atoms with Crippen LogP contribution >= 0.6 is 11.5 Å². The van der Waals surface area contributed by atoms with Gasteiger partial charge in [-0.2, -0.15) is 5.26 Å². The Morgan fingerprint density at radius 1 is 1.08 bits per heavy atom. The van der Waals surface area contributed by atoms with Crippen molar-refractivity contribution >= 4 is 17.4 Å². The van der Waals surface area contributed by atoms with E-state index >= 15 is 0 Å². The van der Waals surface area contributed by atoms with Gasteiger partial charge < -0.3 is 5.32 Å². The first-order valence-corrected chi connectivity index (χ1v) is 8.16. The molecule has 0 aliphatic carbocycles. The van der Waals surface area contributed by atoms with E-state index in [-0.39, 0.29) is 11.5 Å². The van der Waals surface area contributed by atoms with E-state index in [2.05, 4.69) is 9.69 Å². The molecule has 1 amide bonds. The van der Waals surface area contributed by atoms with Gasteiger partial charge in [0.2, 0.25) is 0 Å². The average molecular weight is 353 g/mol. The molecule has 0 atom stereocenters. The number of amides is 1. The van der Waals surface area contributed by atoms with E-state index in [9.17, 15) is 13.6 Å². The summed E-state index contributed by atoms with van der Waals surface area (Å²) in [6, 6.07) is 7.10. The molecule has 0 bridgehead atoms. The highest BCUT2D eigenvalue weighted by molar-refractivity contribution is 7.03. The summed E-state index contributed by atoms with van der Waals surface area (Å²) in [5.41, 5.74) is 3.09. The van der Waals surface area contributed by atoms with Gasteiger partial charge in [0.15, 0.2) is 0 Å². The molecule has 1 aromatic heterocycles. The molecule has 1 N–H and O–H groups in total. The van der Waals surface area contributed by atoms with Crippen LogP contribution in [0, 0.1) is 23.0 Å². The molecule has 0 unspecified atom stereocenters. The highest BCUT2D eigenvalue weighted by atomic mass is 32.1. The Bertz CT molecular complexity index is 1030. The minimum Gasteiger partial charge on any atom is -0.348 e. The first-order valence-electron chi connectivity index (χ1n) is 7.33.